The van der Waals surface area contributed by atoms with Crippen molar-refractivity contribution in [2.24, 2.45) is 7.05 Å². The van der Waals surface area contributed by atoms with Crippen LogP contribution >= 0.6 is 22.9 Å². The van der Waals surface area contributed by atoms with E-state index in [-0.39, 0.29) is 23.1 Å². The molecule has 29 heavy (non-hydrogen) atoms. The van der Waals surface area contributed by atoms with E-state index in [4.69, 9.17) is 21.1 Å². The Morgan fingerprint density at radius 1 is 1.07 bits per heavy atom. The number of nitrogens with zero attached hydrogens (tertiary/aromatic N) is 2. The molecule has 8 heteroatoms. The first kappa shape index (κ1) is 19.5. The fraction of sp³-hybridized carbons (Fsp3) is 0.238. The van der Waals surface area contributed by atoms with E-state index in [1.165, 1.54) is 4.57 Å². The van der Waals surface area contributed by atoms with E-state index >= 15 is 0 Å². The molecule has 2 heterocycles. The maximum atomic E-state index is 13.2. The third kappa shape index (κ3) is 3.30. The van der Waals surface area contributed by atoms with Crippen molar-refractivity contribution in [3.05, 3.63) is 67.6 Å². The Balaban J connectivity index is 1.87. The summed E-state index contributed by atoms with van der Waals surface area (Å²) in [7, 11) is 4.83. The van der Waals surface area contributed by atoms with Gasteiger partial charge in [-0.1, -0.05) is 35.1 Å². The minimum atomic E-state index is -0.244. The highest BCUT2D eigenvalue weighted by molar-refractivity contribution is 7.10. The Morgan fingerprint density at radius 2 is 1.83 bits per heavy atom. The number of ether oxygens (including phenoxy) is 2. The molecule has 3 aromatic rings. The van der Waals surface area contributed by atoms with Crippen molar-refractivity contribution in [1.82, 2.24) is 4.57 Å². The van der Waals surface area contributed by atoms with E-state index in [1.54, 1.807) is 44.4 Å². The molecule has 150 valence electrons. The molecule has 1 aromatic heterocycles. The number of methoxy groups -OCH3 is 2. The van der Waals surface area contributed by atoms with Crippen LogP contribution in [0.25, 0.3) is 0 Å². The molecule has 1 amide bonds. The molecule has 0 spiro atoms. The van der Waals surface area contributed by atoms with Gasteiger partial charge in [0.05, 0.1) is 24.8 Å². The van der Waals surface area contributed by atoms with Gasteiger partial charge in [-0.05, 0) is 35.9 Å². The topological polar surface area (TPSA) is 60.8 Å². The van der Waals surface area contributed by atoms with Crippen LogP contribution in [-0.4, -0.2) is 24.7 Å². The van der Waals surface area contributed by atoms with Crippen molar-refractivity contribution in [1.29, 1.82) is 0 Å². The number of hydrogen-bond acceptors (Lipinski definition) is 5. The summed E-state index contributed by atoms with van der Waals surface area (Å²) >= 11 is 7.30. The lowest BCUT2D eigenvalue weighted by atomic mass is 9.90. The average Bonchev–Trinajstić information content (AvgIpc) is 3.01. The Labute approximate surface area is 176 Å². The zero-order valence-electron chi connectivity index (χ0n) is 16.1. The zero-order valence-corrected chi connectivity index (χ0v) is 17.7. The molecule has 1 aliphatic heterocycles. The van der Waals surface area contributed by atoms with Gasteiger partial charge in [0.25, 0.3) is 0 Å². The van der Waals surface area contributed by atoms with Gasteiger partial charge < -0.3 is 9.47 Å². The summed E-state index contributed by atoms with van der Waals surface area (Å²) in [5.41, 5.74) is 1.53. The summed E-state index contributed by atoms with van der Waals surface area (Å²) in [6, 6.07) is 12.7. The smallest absolute Gasteiger partial charge is 0.308 e. The van der Waals surface area contributed by atoms with Gasteiger partial charge in [-0.3, -0.25) is 19.1 Å². The Kier molecular flexibility index (Phi) is 5.10. The standard InChI is InChI=1S/C21H19ClN2O4S/c1-23-20-19(29-21(23)26)15(12-7-8-16(27-2)17(9-12)28-3)11-18(25)24(20)14-6-4-5-13(22)10-14/h4-10,15H,11H2,1-3H3/t15-/m1/s1. The van der Waals surface area contributed by atoms with Crippen LogP contribution < -0.4 is 19.2 Å². The molecular weight excluding hydrogens is 412 g/mol. The Bertz CT molecular complexity index is 1150. The summed E-state index contributed by atoms with van der Waals surface area (Å²) in [6.45, 7) is 0. The van der Waals surface area contributed by atoms with Crippen LogP contribution in [0.1, 0.15) is 22.8 Å². The number of anilines is 2. The molecule has 2 aromatic carbocycles. The molecule has 0 saturated heterocycles. The predicted octanol–water partition coefficient (Wildman–Crippen LogP) is 4.32. The predicted molar refractivity (Wildman–Crippen MR) is 114 cm³/mol. The van der Waals surface area contributed by atoms with E-state index in [2.05, 4.69) is 0 Å². The molecule has 0 N–H and O–H groups in total. The van der Waals surface area contributed by atoms with Crippen molar-refractivity contribution >= 4 is 40.4 Å². The number of aromatic nitrogens is 1. The largest absolute Gasteiger partial charge is 0.493 e. The minimum absolute atomic E-state index is 0.104. The summed E-state index contributed by atoms with van der Waals surface area (Å²) in [6.07, 6.45) is 0.231. The second-order valence-electron chi connectivity index (χ2n) is 6.69. The maximum Gasteiger partial charge on any atom is 0.308 e. The normalized spacial score (nSPS) is 15.9. The van der Waals surface area contributed by atoms with Gasteiger partial charge >= 0.3 is 4.87 Å². The van der Waals surface area contributed by atoms with Crippen LogP contribution in [0.3, 0.4) is 0 Å². The van der Waals surface area contributed by atoms with Gasteiger partial charge in [-0.25, -0.2) is 0 Å². The number of carbonyl (C=O) groups is 1. The van der Waals surface area contributed by atoms with E-state index in [1.807, 2.05) is 24.3 Å². The highest BCUT2D eigenvalue weighted by atomic mass is 35.5. The van der Waals surface area contributed by atoms with Crippen molar-refractivity contribution in [2.75, 3.05) is 19.1 Å². The van der Waals surface area contributed by atoms with Gasteiger partial charge in [0, 0.05) is 24.4 Å². The molecule has 0 saturated carbocycles. The quantitative estimate of drug-likeness (QED) is 0.618. The highest BCUT2D eigenvalue weighted by Gasteiger charge is 2.37. The summed E-state index contributed by atoms with van der Waals surface area (Å²) in [5, 5.41) is 0.527. The molecule has 1 aliphatic rings. The second-order valence-corrected chi connectivity index (χ2v) is 8.12. The molecule has 0 radical (unpaired) electrons. The highest BCUT2D eigenvalue weighted by Crippen LogP contribution is 2.46. The third-order valence-corrected chi connectivity index (χ3v) is 6.41. The number of benzene rings is 2. The second kappa shape index (κ2) is 7.57. The Hall–Kier alpha value is -2.77. The first-order chi connectivity index (χ1) is 13.9. The lowest BCUT2D eigenvalue weighted by Crippen LogP contribution is -2.34. The van der Waals surface area contributed by atoms with Gasteiger partial charge in [0.2, 0.25) is 5.91 Å². The van der Waals surface area contributed by atoms with Crippen molar-refractivity contribution in [3.63, 3.8) is 0 Å². The average molecular weight is 431 g/mol. The summed E-state index contributed by atoms with van der Waals surface area (Å²) in [5.74, 6) is 1.43. The molecule has 0 fully saturated rings. The van der Waals surface area contributed by atoms with Crippen molar-refractivity contribution in [3.8, 4) is 11.5 Å². The molecule has 0 unspecified atom stereocenters. The minimum Gasteiger partial charge on any atom is -0.493 e. The maximum absolute atomic E-state index is 13.2. The molecule has 0 bridgehead atoms. The lowest BCUT2D eigenvalue weighted by molar-refractivity contribution is -0.118. The molecule has 1 atom stereocenters. The number of halogens is 1. The van der Waals surface area contributed by atoms with Crippen LogP contribution in [0.4, 0.5) is 11.5 Å². The molecule has 0 aliphatic carbocycles. The molecule has 6 nitrogen and oxygen atoms in total. The van der Waals surface area contributed by atoms with Crippen LogP contribution in [-0.2, 0) is 11.8 Å². The van der Waals surface area contributed by atoms with Crippen LogP contribution in [0.2, 0.25) is 5.02 Å². The van der Waals surface area contributed by atoms with E-state index in [0.717, 1.165) is 21.8 Å². The van der Waals surface area contributed by atoms with Gasteiger partial charge in [0.1, 0.15) is 5.82 Å². The van der Waals surface area contributed by atoms with Crippen LogP contribution in [0.15, 0.2) is 47.3 Å². The van der Waals surface area contributed by atoms with Gasteiger partial charge in [0.15, 0.2) is 11.5 Å². The number of rotatable bonds is 4. The fourth-order valence-electron chi connectivity index (χ4n) is 3.64. The first-order valence-electron chi connectivity index (χ1n) is 8.94. The van der Waals surface area contributed by atoms with Crippen molar-refractivity contribution in [2.45, 2.75) is 12.3 Å². The number of thiazole rings is 1. The molecular formula is C21H19ClN2O4S. The van der Waals surface area contributed by atoms with Gasteiger partial charge in [-0.15, -0.1) is 0 Å². The van der Waals surface area contributed by atoms with E-state index in [0.29, 0.717) is 28.0 Å². The summed E-state index contributed by atoms with van der Waals surface area (Å²) < 4.78 is 12.3. The van der Waals surface area contributed by atoms with Crippen LogP contribution in [0.5, 0.6) is 11.5 Å². The van der Waals surface area contributed by atoms with E-state index < -0.39 is 0 Å². The van der Waals surface area contributed by atoms with Crippen LogP contribution in [0, 0.1) is 0 Å². The monoisotopic (exact) mass is 430 g/mol. The number of carbonyl (C=O) groups excluding carboxylic acids is 1. The first-order valence-corrected chi connectivity index (χ1v) is 10.1. The number of fused-ring (bicyclic) bond motifs is 1. The Morgan fingerprint density at radius 3 is 2.52 bits per heavy atom. The zero-order chi connectivity index (χ0) is 20.7. The van der Waals surface area contributed by atoms with E-state index in [9.17, 15) is 9.59 Å². The third-order valence-electron chi connectivity index (χ3n) is 5.04. The lowest BCUT2D eigenvalue weighted by Gasteiger charge is -2.32. The summed E-state index contributed by atoms with van der Waals surface area (Å²) in [4.78, 5) is 28.0. The van der Waals surface area contributed by atoms with Gasteiger partial charge in [-0.2, -0.15) is 0 Å². The number of amides is 1. The van der Waals surface area contributed by atoms with Crippen molar-refractivity contribution < 1.29 is 14.3 Å². The SMILES string of the molecule is COc1ccc([C@H]2CC(=O)N(c3cccc(Cl)c3)c3c2sc(=O)n3C)cc1OC. The number of hydrogen-bond donors (Lipinski definition) is 0. The fourth-order valence-corrected chi connectivity index (χ4v) is 4.92. The molecule has 4 rings (SSSR count).